The average Bonchev–Trinajstić information content (AvgIpc) is 2.32. The number of carbonyl (C=O) groups is 1. The van der Waals surface area contributed by atoms with Crippen LogP contribution in [0.5, 0.6) is 11.5 Å². The van der Waals surface area contributed by atoms with Gasteiger partial charge < -0.3 is 15.8 Å². The van der Waals surface area contributed by atoms with E-state index in [1.807, 2.05) is 6.92 Å². The SMILES string of the molecule is CC(=O)Nc1cc(Oc2ccc(N)nc2C)ccn1. The third-order valence-electron chi connectivity index (χ3n) is 2.32. The predicted molar refractivity (Wildman–Crippen MR) is 72.0 cm³/mol. The maximum atomic E-state index is 11.0. The number of nitrogens with two attached hydrogens (primary N) is 1. The summed E-state index contributed by atoms with van der Waals surface area (Å²) in [7, 11) is 0. The van der Waals surface area contributed by atoms with Gasteiger partial charge in [-0.05, 0) is 25.1 Å². The summed E-state index contributed by atoms with van der Waals surface area (Å²) in [5.74, 6) is 1.86. The van der Waals surface area contributed by atoms with E-state index < -0.39 is 0 Å². The Balaban J connectivity index is 2.21. The maximum Gasteiger partial charge on any atom is 0.222 e. The van der Waals surface area contributed by atoms with Gasteiger partial charge in [0.2, 0.25) is 5.91 Å². The Labute approximate surface area is 110 Å². The van der Waals surface area contributed by atoms with Gasteiger partial charge in [0.05, 0.1) is 5.69 Å². The van der Waals surface area contributed by atoms with Gasteiger partial charge in [-0.1, -0.05) is 0 Å². The molecule has 19 heavy (non-hydrogen) atoms. The van der Waals surface area contributed by atoms with E-state index in [1.54, 1.807) is 30.5 Å². The second-order valence-corrected chi connectivity index (χ2v) is 3.98. The molecule has 0 unspecified atom stereocenters. The van der Waals surface area contributed by atoms with E-state index in [2.05, 4.69) is 15.3 Å². The van der Waals surface area contributed by atoms with E-state index in [0.29, 0.717) is 28.8 Å². The Morgan fingerprint density at radius 1 is 1.37 bits per heavy atom. The van der Waals surface area contributed by atoms with E-state index in [0.717, 1.165) is 0 Å². The molecule has 0 aliphatic heterocycles. The number of nitrogens with one attached hydrogen (secondary N) is 1. The molecular weight excluding hydrogens is 244 g/mol. The van der Waals surface area contributed by atoms with Gasteiger partial charge in [0, 0.05) is 19.2 Å². The first-order valence-electron chi connectivity index (χ1n) is 5.69. The molecule has 0 radical (unpaired) electrons. The fourth-order valence-corrected chi connectivity index (χ4v) is 1.53. The number of pyridine rings is 2. The quantitative estimate of drug-likeness (QED) is 0.880. The lowest BCUT2D eigenvalue weighted by Gasteiger charge is -2.09. The van der Waals surface area contributed by atoms with Crippen LogP contribution in [0.2, 0.25) is 0 Å². The van der Waals surface area contributed by atoms with E-state index in [9.17, 15) is 4.79 Å². The molecule has 2 aromatic heterocycles. The third-order valence-corrected chi connectivity index (χ3v) is 2.32. The zero-order valence-corrected chi connectivity index (χ0v) is 10.7. The van der Waals surface area contributed by atoms with Crippen LogP contribution in [0.3, 0.4) is 0 Å². The van der Waals surface area contributed by atoms with Crippen molar-refractivity contribution >= 4 is 17.5 Å². The second-order valence-electron chi connectivity index (χ2n) is 3.98. The minimum Gasteiger partial charge on any atom is -0.455 e. The highest BCUT2D eigenvalue weighted by molar-refractivity contribution is 5.87. The van der Waals surface area contributed by atoms with Gasteiger partial charge in [0.25, 0.3) is 0 Å². The van der Waals surface area contributed by atoms with Crippen LogP contribution in [0.25, 0.3) is 0 Å². The van der Waals surface area contributed by atoms with Gasteiger partial charge in [-0.25, -0.2) is 9.97 Å². The lowest BCUT2D eigenvalue weighted by Crippen LogP contribution is -2.07. The lowest BCUT2D eigenvalue weighted by molar-refractivity contribution is -0.114. The molecule has 6 nitrogen and oxygen atoms in total. The van der Waals surface area contributed by atoms with Crippen molar-refractivity contribution in [2.24, 2.45) is 0 Å². The number of carbonyl (C=O) groups excluding carboxylic acids is 1. The number of anilines is 2. The molecule has 2 heterocycles. The van der Waals surface area contributed by atoms with Crippen LogP contribution in [0.4, 0.5) is 11.6 Å². The molecule has 3 N–H and O–H groups in total. The molecule has 0 bridgehead atoms. The fourth-order valence-electron chi connectivity index (χ4n) is 1.53. The largest absolute Gasteiger partial charge is 0.455 e. The number of hydrogen-bond acceptors (Lipinski definition) is 5. The minimum atomic E-state index is -0.185. The number of nitrogens with zero attached hydrogens (tertiary/aromatic N) is 2. The maximum absolute atomic E-state index is 11.0. The number of rotatable bonds is 3. The Kier molecular flexibility index (Phi) is 3.61. The highest BCUT2D eigenvalue weighted by atomic mass is 16.5. The number of aryl methyl sites for hydroxylation is 1. The number of aromatic nitrogens is 2. The summed E-state index contributed by atoms with van der Waals surface area (Å²) in [4.78, 5) is 19.1. The second kappa shape index (κ2) is 5.34. The van der Waals surface area contributed by atoms with Crippen LogP contribution in [0.15, 0.2) is 30.5 Å². The standard InChI is InChI=1S/C13H14N4O2/c1-8-11(3-4-12(14)16-8)19-10-5-6-15-13(7-10)17-9(2)18/h3-7H,1-2H3,(H2,14,16)(H,15,17,18). The molecule has 98 valence electrons. The van der Waals surface area contributed by atoms with Crippen molar-refractivity contribution in [1.29, 1.82) is 0 Å². The number of hydrogen-bond donors (Lipinski definition) is 2. The van der Waals surface area contributed by atoms with Crippen molar-refractivity contribution in [2.75, 3.05) is 11.1 Å². The predicted octanol–water partition coefficient (Wildman–Crippen LogP) is 2.12. The average molecular weight is 258 g/mol. The molecule has 0 aliphatic carbocycles. The Morgan fingerprint density at radius 2 is 2.16 bits per heavy atom. The summed E-state index contributed by atoms with van der Waals surface area (Å²) in [6.07, 6.45) is 1.56. The molecule has 2 rings (SSSR count). The third kappa shape index (κ3) is 3.41. The van der Waals surface area contributed by atoms with Crippen LogP contribution >= 0.6 is 0 Å². The fraction of sp³-hybridized carbons (Fsp3) is 0.154. The van der Waals surface area contributed by atoms with Crippen LogP contribution in [0, 0.1) is 6.92 Å². The van der Waals surface area contributed by atoms with E-state index in [-0.39, 0.29) is 5.91 Å². The van der Waals surface area contributed by atoms with E-state index >= 15 is 0 Å². The molecule has 0 atom stereocenters. The Morgan fingerprint density at radius 3 is 2.84 bits per heavy atom. The molecule has 0 saturated carbocycles. The molecule has 0 saturated heterocycles. The van der Waals surface area contributed by atoms with Crippen molar-refractivity contribution in [2.45, 2.75) is 13.8 Å². The summed E-state index contributed by atoms with van der Waals surface area (Å²) in [5.41, 5.74) is 6.27. The highest BCUT2D eigenvalue weighted by Crippen LogP contribution is 2.25. The van der Waals surface area contributed by atoms with Crippen molar-refractivity contribution in [3.8, 4) is 11.5 Å². The summed E-state index contributed by atoms with van der Waals surface area (Å²) in [6.45, 7) is 3.23. The first kappa shape index (κ1) is 12.8. The van der Waals surface area contributed by atoms with E-state index in [4.69, 9.17) is 10.5 Å². The molecule has 0 aromatic carbocycles. The van der Waals surface area contributed by atoms with Crippen molar-refractivity contribution in [1.82, 2.24) is 9.97 Å². The minimum absolute atomic E-state index is 0.185. The van der Waals surface area contributed by atoms with Gasteiger partial charge in [-0.2, -0.15) is 0 Å². The van der Waals surface area contributed by atoms with Gasteiger partial charge in [0.15, 0.2) is 0 Å². The van der Waals surface area contributed by atoms with Gasteiger partial charge >= 0.3 is 0 Å². The van der Waals surface area contributed by atoms with Crippen molar-refractivity contribution in [3.63, 3.8) is 0 Å². The molecule has 0 spiro atoms. The molecule has 0 fully saturated rings. The van der Waals surface area contributed by atoms with Gasteiger partial charge in [-0.15, -0.1) is 0 Å². The van der Waals surface area contributed by atoms with Crippen LogP contribution in [-0.4, -0.2) is 15.9 Å². The zero-order chi connectivity index (χ0) is 13.8. The summed E-state index contributed by atoms with van der Waals surface area (Å²) >= 11 is 0. The van der Waals surface area contributed by atoms with Crippen molar-refractivity contribution < 1.29 is 9.53 Å². The first-order valence-corrected chi connectivity index (χ1v) is 5.69. The molecule has 2 aromatic rings. The van der Waals surface area contributed by atoms with Crippen LogP contribution < -0.4 is 15.8 Å². The zero-order valence-electron chi connectivity index (χ0n) is 10.7. The van der Waals surface area contributed by atoms with Crippen LogP contribution in [0.1, 0.15) is 12.6 Å². The topological polar surface area (TPSA) is 90.1 Å². The smallest absolute Gasteiger partial charge is 0.222 e. The van der Waals surface area contributed by atoms with Gasteiger partial charge in [0.1, 0.15) is 23.1 Å². The number of amides is 1. The summed E-state index contributed by atoms with van der Waals surface area (Å²) < 4.78 is 5.68. The highest BCUT2D eigenvalue weighted by Gasteiger charge is 2.05. The Hall–Kier alpha value is -2.63. The van der Waals surface area contributed by atoms with E-state index in [1.165, 1.54) is 6.92 Å². The summed E-state index contributed by atoms with van der Waals surface area (Å²) in [5, 5.41) is 2.59. The first-order chi connectivity index (χ1) is 9.04. The van der Waals surface area contributed by atoms with Gasteiger partial charge in [-0.3, -0.25) is 4.79 Å². The molecule has 0 aliphatic rings. The van der Waals surface area contributed by atoms with Crippen molar-refractivity contribution in [3.05, 3.63) is 36.2 Å². The molecular formula is C13H14N4O2. The Bertz CT molecular complexity index is 613. The summed E-state index contributed by atoms with van der Waals surface area (Å²) in [6, 6.07) is 6.74. The lowest BCUT2D eigenvalue weighted by atomic mass is 10.3. The molecule has 1 amide bonds. The number of nitrogen functional groups attached to an aromatic ring is 1. The van der Waals surface area contributed by atoms with Crippen LogP contribution in [-0.2, 0) is 4.79 Å². The molecule has 6 heteroatoms. The monoisotopic (exact) mass is 258 g/mol. The number of ether oxygens (including phenoxy) is 1. The normalized spacial score (nSPS) is 10.0.